The summed E-state index contributed by atoms with van der Waals surface area (Å²) in [5, 5.41) is 0. The molecule has 1 aliphatic heterocycles. The number of hydrogen-bond acceptors (Lipinski definition) is 2. The van der Waals surface area contributed by atoms with E-state index in [0.717, 1.165) is 6.42 Å². The average molecular weight is 142 g/mol. The van der Waals surface area contributed by atoms with Gasteiger partial charge in [0.15, 0.2) is 0 Å². The van der Waals surface area contributed by atoms with E-state index in [1.807, 2.05) is 0 Å². The minimum Gasteiger partial charge on any atom is -0.327 e. The van der Waals surface area contributed by atoms with Crippen LogP contribution >= 0.6 is 0 Å². The van der Waals surface area contributed by atoms with Crippen molar-refractivity contribution in [2.45, 2.75) is 25.8 Å². The lowest BCUT2D eigenvalue weighted by atomic mass is 9.98. The Morgan fingerprint density at radius 3 is 2.60 bits per heavy atom. The zero-order valence-corrected chi connectivity index (χ0v) is 7.01. The van der Waals surface area contributed by atoms with Crippen molar-refractivity contribution < 1.29 is 0 Å². The van der Waals surface area contributed by atoms with Crippen molar-refractivity contribution in [1.82, 2.24) is 4.90 Å². The molecule has 1 aliphatic rings. The molecule has 0 aromatic rings. The van der Waals surface area contributed by atoms with E-state index in [1.165, 1.54) is 19.5 Å². The molecule has 1 saturated heterocycles. The zero-order chi connectivity index (χ0) is 7.56. The average Bonchev–Trinajstić information content (AvgIpc) is 2.04. The van der Waals surface area contributed by atoms with Gasteiger partial charge < -0.3 is 10.6 Å². The Kier molecular flexibility index (Phi) is 2.69. The second-order valence-electron chi connectivity index (χ2n) is 3.52. The monoisotopic (exact) mass is 142 g/mol. The molecule has 0 aliphatic carbocycles. The number of hydrogen-bond donors (Lipinski definition) is 1. The molecule has 0 spiro atoms. The third-order valence-corrected chi connectivity index (χ3v) is 2.54. The van der Waals surface area contributed by atoms with E-state index in [2.05, 4.69) is 18.9 Å². The van der Waals surface area contributed by atoms with E-state index >= 15 is 0 Å². The maximum Gasteiger partial charge on any atom is 0.00771 e. The van der Waals surface area contributed by atoms with Gasteiger partial charge in [0.25, 0.3) is 0 Å². The molecule has 0 bridgehead atoms. The Morgan fingerprint density at radius 2 is 1.90 bits per heavy atom. The normalized spacial score (nSPS) is 37.5. The van der Waals surface area contributed by atoms with E-state index in [-0.39, 0.29) is 0 Å². The van der Waals surface area contributed by atoms with Gasteiger partial charge in [0.1, 0.15) is 0 Å². The van der Waals surface area contributed by atoms with Gasteiger partial charge in [-0.05, 0) is 38.9 Å². The molecule has 0 radical (unpaired) electrons. The molecule has 2 N–H and O–H groups in total. The Bertz CT molecular complexity index is 91.4. The van der Waals surface area contributed by atoms with Gasteiger partial charge in [0.05, 0.1) is 0 Å². The molecule has 2 heteroatoms. The predicted molar refractivity (Wildman–Crippen MR) is 43.9 cm³/mol. The van der Waals surface area contributed by atoms with Crippen molar-refractivity contribution in [2.24, 2.45) is 11.7 Å². The van der Waals surface area contributed by atoms with Crippen LogP contribution in [0.25, 0.3) is 0 Å². The molecule has 10 heavy (non-hydrogen) atoms. The third kappa shape index (κ3) is 1.96. The minimum atomic E-state index is 0.435. The molecule has 0 saturated carbocycles. The van der Waals surface area contributed by atoms with Crippen molar-refractivity contribution in [1.29, 1.82) is 0 Å². The summed E-state index contributed by atoms with van der Waals surface area (Å²) in [6, 6.07) is 0.435. The molecule has 0 amide bonds. The van der Waals surface area contributed by atoms with Crippen LogP contribution in [0, 0.1) is 5.92 Å². The first-order valence-electron chi connectivity index (χ1n) is 4.14. The van der Waals surface area contributed by atoms with E-state index in [9.17, 15) is 0 Å². The van der Waals surface area contributed by atoms with Gasteiger partial charge in [-0.3, -0.25) is 0 Å². The van der Waals surface area contributed by atoms with Crippen LogP contribution in [0.5, 0.6) is 0 Å². The highest BCUT2D eigenvalue weighted by molar-refractivity contribution is 4.75. The third-order valence-electron chi connectivity index (χ3n) is 2.54. The molecule has 2 atom stereocenters. The molecule has 1 heterocycles. The summed E-state index contributed by atoms with van der Waals surface area (Å²) in [6.45, 7) is 4.64. The Labute approximate surface area is 63.4 Å². The molecule has 0 aromatic heterocycles. The fraction of sp³-hybridized carbons (Fsp3) is 1.00. The van der Waals surface area contributed by atoms with Crippen molar-refractivity contribution in [3.63, 3.8) is 0 Å². The zero-order valence-electron chi connectivity index (χ0n) is 7.01. The first-order valence-corrected chi connectivity index (χ1v) is 4.14. The molecule has 60 valence electrons. The van der Waals surface area contributed by atoms with Crippen molar-refractivity contribution in [2.75, 3.05) is 20.1 Å². The molecular weight excluding hydrogens is 124 g/mol. The SMILES string of the molecule is CC1CCN(C)CCC1N. The maximum absolute atomic E-state index is 5.91. The fourth-order valence-electron chi connectivity index (χ4n) is 1.40. The van der Waals surface area contributed by atoms with Crippen LogP contribution in [0.3, 0.4) is 0 Å². The molecule has 2 nitrogen and oxygen atoms in total. The van der Waals surface area contributed by atoms with Crippen molar-refractivity contribution in [3.8, 4) is 0 Å². The van der Waals surface area contributed by atoms with Crippen LogP contribution < -0.4 is 5.73 Å². The van der Waals surface area contributed by atoms with E-state index in [0.29, 0.717) is 12.0 Å². The van der Waals surface area contributed by atoms with Crippen LogP contribution in [0.1, 0.15) is 19.8 Å². The quantitative estimate of drug-likeness (QED) is 0.539. The Balaban J connectivity index is 2.38. The van der Waals surface area contributed by atoms with Gasteiger partial charge in [0, 0.05) is 6.04 Å². The summed E-state index contributed by atoms with van der Waals surface area (Å²) < 4.78 is 0. The topological polar surface area (TPSA) is 29.3 Å². The van der Waals surface area contributed by atoms with E-state index < -0.39 is 0 Å². The van der Waals surface area contributed by atoms with Crippen LogP contribution in [0.2, 0.25) is 0 Å². The highest BCUT2D eigenvalue weighted by Crippen LogP contribution is 2.14. The van der Waals surface area contributed by atoms with Gasteiger partial charge >= 0.3 is 0 Å². The lowest BCUT2D eigenvalue weighted by Crippen LogP contribution is -2.28. The van der Waals surface area contributed by atoms with Crippen molar-refractivity contribution >= 4 is 0 Å². The van der Waals surface area contributed by atoms with Gasteiger partial charge in [-0.2, -0.15) is 0 Å². The van der Waals surface area contributed by atoms with Crippen LogP contribution in [-0.4, -0.2) is 31.1 Å². The van der Waals surface area contributed by atoms with E-state index in [1.54, 1.807) is 0 Å². The molecule has 1 rings (SSSR count). The standard InChI is InChI=1S/C8H18N2/c1-7-3-5-10(2)6-4-8(7)9/h7-8H,3-6,9H2,1-2H3. The highest BCUT2D eigenvalue weighted by atomic mass is 15.1. The van der Waals surface area contributed by atoms with Gasteiger partial charge in [0.2, 0.25) is 0 Å². The van der Waals surface area contributed by atoms with Gasteiger partial charge in [-0.15, -0.1) is 0 Å². The van der Waals surface area contributed by atoms with Gasteiger partial charge in [-0.25, -0.2) is 0 Å². The second-order valence-corrected chi connectivity index (χ2v) is 3.52. The minimum absolute atomic E-state index is 0.435. The summed E-state index contributed by atoms with van der Waals surface area (Å²) in [6.07, 6.45) is 2.43. The molecule has 1 fully saturated rings. The first-order chi connectivity index (χ1) is 4.70. The Hall–Kier alpha value is -0.0800. The summed E-state index contributed by atoms with van der Waals surface area (Å²) in [7, 11) is 2.17. The van der Waals surface area contributed by atoms with Crippen LogP contribution in [-0.2, 0) is 0 Å². The predicted octanol–water partition coefficient (Wildman–Crippen LogP) is 0.675. The summed E-state index contributed by atoms with van der Waals surface area (Å²) in [4.78, 5) is 2.36. The Morgan fingerprint density at radius 1 is 1.30 bits per heavy atom. The number of nitrogens with zero attached hydrogens (tertiary/aromatic N) is 1. The second kappa shape index (κ2) is 3.35. The first kappa shape index (κ1) is 8.02. The smallest absolute Gasteiger partial charge is 0.00771 e. The summed E-state index contributed by atoms with van der Waals surface area (Å²) >= 11 is 0. The van der Waals surface area contributed by atoms with E-state index in [4.69, 9.17) is 5.73 Å². The van der Waals surface area contributed by atoms with Gasteiger partial charge in [-0.1, -0.05) is 6.92 Å². The lowest BCUT2D eigenvalue weighted by Gasteiger charge is -2.14. The van der Waals surface area contributed by atoms with Crippen LogP contribution in [0.4, 0.5) is 0 Å². The number of nitrogens with two attached hydrogens (primary N) is 1. The highest BCUT2D eigenvalue weighted by Gasteiger charge is 2.17. The summed E-state index contributed by atoms with van der Waals surface area (Å²) in [5.41, 5.74) is 5.91. The number of likely N-dealkylation sites (tertiary alicyclic amines) is 1. The largest absolute Gasteiger partial charge is 0.327 e. The van der Waals surface area contributed by atoms with Crippen molar-refractivity contribution in [3.05, 3.63) is 0 Å². The number of rotatable bonds is 0. The fourth-order valence-corrected chi connectivity index (χ4v) is 1.40. The lowest BCUT2D eigenvalue weighted by molar-refractivity contribution is 0.344. The molecule has 0 aromatic carbocycles. The maximum atomic E-state index is 5.91. The molecule has 2 unspecified atom stereocenters. The summed E-state index contributed by atoms with van der Waals surface area (Å²) in [5.74, 6) is 0.713. The molecular formula is C8H18N2. The van der Waals surface area contributed by atoms with Crippen LogP contribution in [0.15, 0.2) is 0 Å².